The van der Waals surface area contributed by atoms with Gasteiger partial charge in [0, 0.05) is 11.0 Å². The van der Waals surface area contributed by atoms with Gasteiger partial charge in [0.2, 0.25) is 0 Å². The van der Waals surface area contributed by atoms with Crippen molar-refractivity contribution in [1.82, 2.24) is 0 Å². The first-order valence-corrected chi connectivity index (χ1v) is 5.71. The highest BCUT2D eigenvalue weighted by molar-refractivity contribution is 9.10. The predicted molar refractivity (Wildman–Crippen MR) is 64.0 cm³/mol. The van der Waals surface area contributed by atoms with E-state index in [4.69, 9.17) is 5.11 Å². The van der Waals surface area contributed by atoms with Gasteiger partial charge >= 0.3 is 5.97 Å². The standard InChI is InChI=1S/C11H13BrFNO2/c1-7(11(15)16)4-5-14-10-6-8(12)2-3-9(10)13/h2-3,6-7,14H,4-5H2,1H3,(H,15,16). The number of hydrogen-bond acceptors (Lipinski definition) is 2. The fourth-order valence-electron chi connectivity index (χ4n) is 1.18. The van der Waals surface area contributed by atoms with Crippen molar-refractivity contribution < 1.29 is 14.3 Å². The minimum Gasteiger partial charge on any atom is -0.481 e. The molecule has 0 aliphatic rings. The van der Waals surface area contributed by atoms with Crippen LogP contribution in [0.15, 0.2) is 22.7 Å². The lowest BCUT2D eigenvalue weighted by molar-refractivity contribution is -0.141. The fraction of sp³-hybridized carbons (Fsp3) is 0.364. The molecule has 0 spiro atoms. The molecule has 1 atom stereocenters. The Hall–Kier alpha value is -1.10. The van der Waals surface area contributed by atoms with Gasteiger partial charge in [-0.25, -0.2) is 4.39 Å². The van der Waals surface area contributed by atoms with Gasteiger partial charge in [-0.1, -0.05) is 22.9 Å². The number of nitrogens with one attached hydrogen (secondary N) is 1. The Balaban J connectivity index is 2.48. The second-order valence-corrected chi connectivity index (χ2v) is 4.49. The van der Waals surface area contributed by atoms with Crippen molar-refractivity contribution in [3.63, 3.8) is 0 Å². The Morgan fingerprint density at radius 2 is 2.31 bits per heavy atom. The normalized spacial score (nSPS) is 12.2. The zero-order valence-corrected chi connectivity index (χ0v) is 10.4. The lowest BCUT2D eigenvalue weighted by Crippen LogP contribution is -2.14. The molecule has 0 aliphatic carbocycles. The number of carboxylic acids is 1. The van der Waals surface area contributed by atoms with Gasteiger partial charge in [-0.3, -0.25) is 4.79 Å². The third kappa shape index (κ3) is 3.81. The smallest absolute Gasteiger partial charge is 0.306 e. The summed E-state index contributed by atoms with van der Waals surface area (Å²) < 4.78 is 14.0. The van der Waals surface area contributed by atoms with E-state index < -0.39 is 11.9 Å². The monoisotopic (exact) mass is 289 g/mol. The molecule has 1 aromatic carbocycles. The van der Waals surface area contributed by atoms with E-state index in [-0.39, 0.29) is 5.82 Å². The molecular formula is C11H13BrFNO2. The van der Waals surface area contributed by atoms with E-state index in [0.29, 0.717) is 18.7 Å². The second-order valence-electron chi connectivity index (χ2n) is 3.58. The maximum atomic E-state index is 13.3. The van der Waals surface area contributed by atoms with Crippen molar-refractivity contribution in [3.05, 3.63) is 28.5 Å². The number of carboxylic acid groups (broad SMARTS) is 1. The Morgan fingerprint density at radius 3 is 2.94 bits per heavy atom. The highest BCUT2D eigenvalue weighted by Gasteiger charge is 2.10. The summed E-state index contributed by atoms with van der Waals surface area (Å²) in [6, 6.07) is 4.59. The van der Waals surface area contributed by atoms with Crippen LogP contribution in [0.1, 0.15) is 13.3 Å². The molecule has 1 aromatic rings. The molecule has 0 fully saturated rings. The molecule has 1 rings (SSSR count). The van der Waals surface area contributed by atoms with Crippen LogP contribution in [0.3, 0.4) is 0 Å². The van der Waals surface area contributed by atoms with Crippen LogP contribution in [0.5, 0.6) is 0 Å². The summed E-state index contributed by atoms with van der Waals surface area (Å²) >= 11 is 3.24. The molecular weight excluding hydrogens is 277 g/mol. The Kier molecular flexibility index (Phi) is 4.73. The summed E-state index contributed by atoms with van der Waals surface area (Å²) in [7, 11) is 0. The topological polar surface area (TPSA) is 49.3 Å². The second kappa shape index (κ2) is 5.84. The van der Waals surface area contributed by atoms with Crippen LogP contribution in [0.2, 0.25) is 0 Å². The first-order valence-electron chi connectivity index (χ1n) is 4.92. The SMILES string of the molecule is CC(CCNc1cc(Br)ccc1F)C(=O)O. The van der Waals surface area contributed by atoms with E-state index in [1.807, 2.05) is 0 Å². The fourth-order valence-corrected chi connectivity index (χ4v) is 1.54. The molecule has 0 amide bonds. The first kappa shape index (κ1) is 13.0. The summed E-state index contributed by atoms with van der Waals surface area (Å²) in [6.07, 6.45) is 0.460. The molecule has 0 bridgehead atoms. The highest BCUT2D eigenvalue weighted by atomic mass is 79.9. The number of carbonyl (C=O) groups is 1. The molecule has 16 heavy (non-hydrogen) atoms. The van der Waals surface area contributed by atoms with Gasteiger partial charge in [0.25, 0.3) is 0 Å². The molecule has 0 aliphatic heterocycles. The Labute approximate surface area is 102 Å². The minimum absolute atomic E-state index is 0.342. The lowest BCUT2D eigenvalue weighted by atomic mass is 10.1. The number of anilines is 1. The number of hydrogen-bond donors (Lipinski definition) is 2. The summed E-state index contributed by atoms with van der Waals surface area (Å²) in [5, 5.41) is 11.5. The van der Waals surface area contributed by atoms with E-state index in [0.717, 1.165) is 4.47 Å². The average Bonchev–Trinajstić information content (AvgIpc) is 2.22. The summed E-state index contributed by atoms with van der Waals surface area (Å²) in [4.78, 5) is 10.6. The van der Waals surface area contributed by atoms with Gasteiger partial charge < -0.3 is 10.4 Å². The summed E-state index contributed by atoms with van der Waals surface area (Å²) in [5.74, 6) is -1.61. The maximum absolute atomic E-state index is 13.3. The van der Waals surface area contributed by atoms with Crippen LogP contribution in [0.25, 0.3) is 0 Å². The molecule has 3 nitrogen and oxygen atoms in total. The molecule has 2 N–H and O–H groups in total. The maximum Gasteiger partial charge on any atom is 0.306 e. The number of benzene rings is 1. The predicted octanol–water partition coefficient (Wildman–Crippen LogP) is 3.11. The molecule has 0 saturated carbocycles. The van der Waals surface area contributed by atoms with Gasteiger partial charge in [0.05, 0.1) is 11.6 Å². The van der Waals surface area contributed by atoms with E-state index in [1.54, 1.807) is 19.1 Å². The quantitative estimate of drug-likeness (QED) is 0.876. The van der Waals surface area contributed by atoms with Gasteiger partial charge in [-0.15, -0.1) is 0 Å². The summed E-state index contributed by atoms with van der Waals surface area (Å²) in [5.41, 5.74) is 0.381. The third-order valence-corrected chi connectivity index (χ3v) is 2.74. The average molecular weight is 290 g/mol. The van der Waals surface area contributed by atoms with Gasteiger partial charge in [-0.05, 0) is 24.6 Å². The molecule has 5 heteroatoms. The largest absolute Gasteiger partial charge is 0.481 e. The van der Waals surface area contributed by atoms with Crippen molar-refractivity contribution in [2.45, 2.75) is 13.3 Å². The number of rotatable bonds is 5. The van der Waals surface area contributed by atoms with Crippen LogP contribution >= 0.6 is 15.9 Å². The number of aliphatic carboxylic acids is 1. The molecule has 0 aromatic heterocycles. The minimum atomic E-state index is -0.837. The van der Waals surface area contributed by atoms with E-state index in [1.165, 1.54) is 6.07 Å². The van der Waals surface area contributed by atoms with Gasteiger partial charge in [0.1, 0.15) is 5.82 Å². The molecule has 0 radical (unpaired) electrons. The van der Waals surface area contributed by atoms with Crippen LogP contribution in [0.4, 0.5) is 10.1 Å². The molecule has 88 valence electrons. The van der Waals surface area contributed by atoms with E-state index in [2.05, 4.69) is 21.2 Å². The van der Waals surface area contributed by atoms with Gasteiger partial charge in [0.15, 0.2) is 0 Å². The van der Waals surface area contributed by atoms with Gasteiger partial charge in [-0.2, -0.15) is 0 Å². The first-order chi connectivity index (χ1) is 7.50. The van der Waals surface area contributed by atoms with Crippen LogP contribution in [0, 0.1) is 11.7 Å². The highest BCUT2D eigenvalue weighted by Crippen LogP contribution is 2.20. The van der Waals surface area contributed by atoms with E-state index >= 15 is 0 Å². The van der Waals surface area contributed by atoms with Crippen molar-refractivity contribution >= 4 is 27.6 Å². The van der Waals surface area contributed by atoms with E-state index in [9.17, 15) is 9.18 Å². The Morgan fingerprint density at radius 1 is 1.62 bits per heavy atom. The zero-order chi connectivity index (χ0) is 12.1. The Bertz CT molecular complexity index is 384. The molecule has 1 unspecified atom stereocenters. The van der Waals surface area contributed by atoms with Crippen LogP contribution in [-0.2, 0) is 4.79 Å². The van der Waals surface area contributed by atoms with Crippen molar-refractivity contribution in [1.29, 1.82) is 0 Å². The summed E-state index contributed by atoms with van der Waals surface area (Å²) in [6.45, 7) is 2.06. The van der Waals surface area contributed by atoms with Crippen LogP contribution < -0.4 is 5.32 Å². The molecule has 0 heterocycles. The van der Waals surface area contributed by atoms with Crippen molar-refractivity contribution in [2.24, 2.45) is 5.92 Å². The zero-order valence-electron chi connectivity index (χ0n) is 8.84. The van der Waals surface area contributed by atoms with Crippen molar-refractivity contribution in [2.75, 3.05) is 11.9 Å². The third-order valence-electron chi connectivity index (χ3n) is 2.24. The van der Waals surface area contributed by atoms with Crippen LogP contribution in [-0.4, -0.2) is 17.6 Å². The molecule has 0 saturated heterocycles. The number of halogens is 2. The van der Waals surface area contributed by atoms with Crippen molar-refractivity contribution in [3.8, 4) is 0 Å². The lowest BCUT2D eigenvalue weighted by Gasteiger charge is -2.09.